The molecule has 1 aliphatic heterocycles. The maximum Gasteiger partial charge on any atom is 0.231 e. The Hall–Kier alpha value is -2.47. The van der Waals surface area contributed by atoms with Gasteiger partial charge in [-0.25, -0.2) is 9.97 Å². The second-order valence-electron chi connectivity index (χ2n) is 5.84. The number of nitrogens with one attached hydrogen (secondary N) is 1. The van der Waals surface area contributed by atoms with E-state index in [2.05, 4.69) is 15.2 Å². The fraction of sp³-hybridized carbons (Fsp3) is 0.353. The van der Waals surface area contributed by atoms with Crippen LogP contribution in [0.3, 0.4) is 0 Å². The number of carbonyl (C=O) groups is 1. The number of aryl methyl sites for hydroxylation is 1. The van der Waals surface area contributed by atoms with E-state index in [-0.39, 0.29) is 18.5 Å². The maximum absolute atomic E-state index is 11.2. The molecule has 2 aromatic heterocycles. The first-order valence-corrected chi connectivity index (χ1v) is 7.81. The van der Waals surface area contributed by atoms with E-state index >= 15 is 0 Å². The molecule has 0 aromatic carbocycles. The highest BCUT2D eigenvalue weighted by Gasteiger charge is 2.28. The summed E-state index contributed by atoms with van der Waals surface area (Å²) in [6.07, 6.45) is 3.80. The topological polar surface area (TPSA) is 84.1 Å². The Morgan fingerprint density at radius 3 is 3.04 bits per heavy atom. The van der Waals surface area contributed by atoms with Crippen LogP contribution in [-0.2, 0) is 4.79 Å². The molecule has 1 amide bonds. The van der Waals surface area contributed by atoms with Gasteiger partial charge in [-0.3, -0.25) is 9.69 Å². The van der Waals surface area contributed by atoms with Gasteiger partial charge in [0.15, 0.2) is 0 Å². The van der Waals surface area contributed by atoms with Gasteiger partial charge in [0.25, 0.3) is 0 Å². The van der Waals surface area contributed by atoms with Crippen LogP contribution in [0.4, 0.5) is 11.6 Å². The van der Waals surface area contributed by atoms with Gasteiger partial charge in [-0.15, -0.1) is 0 Å². The molecule has 0 saturated carbocycles. The van der Waals surface area contributed by atoms with E-state index in [1.165, 1.54) is 0 Å². The highest BCUT2D eigenvalue weighted by atomic mass is 16.1. The molecule has 3 rings (SSSR count). The minimum Gasteiger partial charge on any atom is -0.369 e. The van der Waals surface area contributed by atoms with Crippen molar-refractivity contribution in [1.29, 1.82) is 0 Å². The lowest BCUT2D eigenvalue weighted by Crippen LogP contribution is -2.33. The van der Waals surface area contributed by atoms with Crippen LogP contribution in [0.1, 0.15) is 30.1 Å². The number of rotatable bonds is 5. The molecule has 0 bridgehead atoms. The molecule has 0 radical (unpaired) electrons. The van der Waals surface area contributed by atoms with Crippen LogP contribution < -0.4 is 11.1 Å². The van der Waals surface area contributed by atoms with Gasteiger partial charge in [-0.1, -0.05) is 12.1 Å². The normalized spacial score (nSPS) is 18.0. The van der Waals surface area contributed by atoms with Crippen molar-refractivity contribution in [1.82, 2.24) is 14.9 Å². The van der Waals surface area contributed by atoms with Gasteiger partial charge in [0.2, 0.25) is 5.91 Å². The molecule has 3 N–H and O–H groups in total. The second-order valence-corrected chi connectivity index (χ2v) is 5.84. The number of amides is 1. The van der Waals surface area contributed by atoms with Crippen molar-refractivity contribution in [3.8, 4) is 0 Å². The summed E-state index contributed by atoms with van der Waals surface area (Å²) in [7, 11) is 0. The minimum absolute atomic E-state index is 0.147. The fourth-order valence-corrected chi connectivity index (χ4v) is 3.00. The van der Waals surface area contributed by atoms with Crippen LogP contribution in [-0.4, -0.2) is 33.9 Å². The molecule has 0 aliphatic carbocycles. The summed E-state index contributed by atoms with van der Waals surface area (Å²) in [6, 6.07) is 9.96. The summed E-state index contributed by atoms with van der Waals surface area (Å²) in [5, 5.41) is 3.26. The summed E-state index contributed by atoms with van der Waals surface area (Å²) in [5.41, 5.74) is 7.37. The molecular weight excluding hydrogens is 290 g/mol. The zero-order valence-corrected chi connectivity index (χ0v) is 13.2. The first kappa shape index (κ1) is 15.4. The van der Waals surface area contributed by atoms with E-state index in [9.17, 15) is 4.79 Å². The van der Waals surface area contributed by atoms with E-state index < -0.39 is 0 Å². The Morgan fingerprint density at radius 1 is 1.39 bits per heavy atom. The van der Waals surface area contributed by atoms with Crippen molar-refractivity contribution in [2.75, 3.05) is 18.4 Å². The second kappa shape index (κ2) is 6.75. The highest BCUT2D eigenvalue weighted by Crippen LogP contribution is 2.31. The highest BCUT2D eigenvalue weighted by molar-refractivity contribution is 5.76. The van der Waals surface area contributed by atoms with Crippen molar-refractivity contribution in [2.24, 2.45) is 5.73 Å². The predicted molar refractivity (Wildman–Crippen MR) is 89.2 cm³/mol. The summed E-state index contributed by atoms with van der Waals surface area (Å²) in [5.74, 6) is 1.27. The Morgan fingerprint density at radius 2 is 2.26 bits per heavy atom. The zero-order valence-electron chi connectivity index (χ0n) is 13.2. The number of aromatic nitrogens is 2. The van der Waals surface area contributed by atoms with E-state index in [1.807, 2.05) is 37.3 Å². The number of likely N-dealkylation sites (tertiary alicyclic amines) is 1. The average Bonchev–Trinajstić information content (AvgIpc) is 2.97. The molecule has 6 nitrogen and oxygen atoms in total. The Labute approximate surface area is 135 Å². The molecule has 1 unspecified atom stereocenters. The summed E-state index contributed by atoms with van der Waals surface area (Å²) < 4.78 is 0. The number of carbonyl (C=O) groups excluding carboxylic acids is 1. The van der Waals surface area contributed by atoms with Gasteiger partial charge in [0.05, 0.1) is 18.3 Å². The first-order valence-electron chi connectivity index (χ1n) is 7.81. The van der Waals surface area contributed by atoms with Crippen LogP contribution in [0.2, 0.25) is 0 Å². The maximum atomic E-state index is 11.2. The monoisotopic (exact) mass is 311 g/mol. The standard InChI is InChI=1S/C17H21N5O/c1-12-5-3-9-19-17(12)21-16-8-2-6-13(20-16)14-7-4-10-22(14)11-15(18)23/h2-3,5-6,8-9,14H,4,7,10-11H2,1H3,(H2,18,23)(H,19,20,21). The van der Waals surface area contributed by atoms with Crippen LogP contribution in [0, 0.1) is 6.92 Å². The molecule has 1 aliphatic rings. The molecule has 3 heterocycles. The molecule has 23 heavy (non-hydrogen) atoms. The smallest absolute Gasteiger partial charge is 0.231 e. The van der Waals surface area contributed by atoms with Crippen molar-refractivity contribution in [3.05, 3.63) is 47.8 Å². The van der Waals surface area contributed by atoms with Gasteiger partial charge in [-0.2, -0.15) is 0 Å². The summed E-state index contributed by atoms with van der Waals surface area (Å²) in [4.78, 5) is 22.4. The number of anilines is 2. The van der Waals surface area contributed by atoms with Crippen molar-refractivity contribution < 1.29 is 4.79 Å². The molecular formula is C17H21N5O. The lowest BCUT2D eigenvalue weighted by atomic mass is 10.1. The Balaban J connectivity index is 1.80. The van der Waals surface area contributed by atoms with Gasteiger partial charge < -0.3 is 11.1 Å². The molecule has 120 valence electrons. The third kappa shape index (κ3) is 3.65. The van der Waals surface area contributed by atoms with Gasteiger partial charge in [-0.05, 0) is 50.1 Å². The van der Waals surface area contributed by atoms with Crippen LogP contribution in [0.15, 0.2) is 36.5 Å². The molecule has 1 saturated heterocycles. The molecule has 6 heteroatoms. The number of primary amides is 1. The number of pyridine rings is 2. The lowest BCUT2D eigenvalue weighted by molar-refractivity contribution is -0.119. The predicted octanol–water partition coefficient (Wildman–Crippen LogP) is 2.15. The Bertz CT molecular complexity index is 703. The van der Waals surface area contributed by atoms with Crippen LogP contribution in [0.5, 0.6) is 0 Å². The van der Waals surface area contributed by atoms with E-state index in [4.69, 9.17) is 10.7 Å². The van der Waals surface area contributed by atoms with Crippen molar-refractivity contribution in [3.63, 3.8) is 0 Å². The molecule has 2 aromatic rings. The van der Waals surface area contributed by atoms with E-state index in [0.717, 1.165) is 42.3 Å². The van der Waals surface area contributed by atoms with E-state index in [0.29, 0.717) is 0 Å². The van der Waals surface area contributed by atoms with Crippen molar-refractivity contribution in [2.45, 2.75) is 25.8 Å². The van der Waals surface area contributed by atoms with Crippen molar-refractivity contribution >= 4 is 17.5 Å². The van der Waals surface area contributed by atoms with E-state index in [1.54, 1.807) is 6.20 Å². The van der Waals surface area contributed by atoms with Gasteiger partial charge in [0.1, 0.15) is 11.6 Å². The Kier molecular flexibility index (Phi) is 4.52. The number of nitrogens with two attached hydrogens (primary N) is 1. The first-order chi connectivity index (χ1) is 11.1. The molecule has 1 atom stereocenters. The van der Waals surface area contributed by atoms with Gasteiger partial charge >= 0.3 is 0 Å². The third-order valence-corrected chi connectivity index (χ3v) is 4.09. The lowest BCUT2D eigenvalue weighted by Gasteiger charge is -2.22. The zero-order chi connectivity index (χ0) is 16.2. The van der Waals surface area contributed by atoms with Gasteiger partial charge in [0, 0.05) is 6.20 Å². The average molecular weight is 311 g/mol. The number of nitrogens with zero attached hydrogens (tertiary/aromatic N) is 3. The summed E-state index contributed by atoms with van der Waals surface area (Å²) >= 11 is 0. The van der Waals surface area contributed by atoms with Crippen LogP contribution in [0.25, 0.3) is 0 Å². The molecule has 1 fully saturated rings. The minimum atomic E-state index is -0.296. The number of hydrogen-bond acceptors (Lipinski definition) is 5. The summed E-state index contributed by atoms with van der Waals surface area (Å²) in [6.45, 7) is 3.17. The van der Waals surface area contributed by atoms with Crippen LogP contribution >= 0.6 is 0 Å². The SMILES string of the molecule is Cc1cccnc1Nc1cccc(C2CCCN2CC(N)=O)n1. The fourth-order valence-electron chi connectivity index (χ4n) is 3.00. The quantitative estimate of drug-likeness (QED) is 0.884. The largest absolute Gasteiger partial charge is 0.369 e. The molecule has 0 spiro atoms. The number of hydrogen-bond donors (Lipinski definition) is 2. The third-order valence-electron chi connectivity index (χ3n) is 4.09.